The Morgan fingerprint density at radius 2 is 2.08 bits per heavy atom. The van der Waals surface area contributed by atoms with Gasteiger partial charge in [-0.25, -0.2) is 0 Å². The minimum absolute atomic E-state index is 0.497. The van der Waals surface area contributed by atoms with E-state index in [1.807, 2.05) is 0 Å². The van der Waals surface area contributed by atoms with E-state index >= 15 is 0 Å². The quantitative estimate of drug-likeness (QED) is 0.743. The van der Waals surface area contributed by atoms with Gasteiger partial charge < -0.3 is 5.73 Å². The van der Waals surface area contributed by atoms with Gasteiger partial charge in [0.1, 0.15) is 0 Å². The van der Waals surface area contributed by atoms with Gasteiger partial charge >= 0.3 is 0 Å². The Bertz CT molecular complexity index is 141. The molecule has 1 aliphatic carbocycles. The fourth-order valence-electron chi connectivity index (χ4n) is 1.86. The van der Waals surface area contributed by atoms with Crippen LogP contribution < -0.4 is 5.73 Å². The zero-order valence-corrected chi connectivity index (χ0v) is 9.00. The summed E-state index contributed by atoms with van der Waals surface area (Å²) in [6, 6.07) is 0.497. The van der Waals surface area contributed by atoms with Crippen molar-refractivity contribution in [3.8, 4) is 0 Å². The number of nitrogens with two attached hydrogens (primary N) is 1. The van der Waals surface area contributed by atoms with Gasteiger partial charge in [0.05, 0.1) is 0 Å². The first-order chi connectivity index (χ1) is 5.88. The lowest BCUT2D eigenvalue weighted by Gasteiger charge is -2.37. The van der Waals surface area contributed by atoms with Crippen LogP contribution in [0.2, 0.25) is 0 Å². The lowest BCUT2D eigenvalue weighted by molar-refractivity contribution is 0.261. The first-order valence-electron chi connectivity index (χ1n) is 4.83. The van der Waals surface area contributed by atoms with Gasteiger partial charge in [0.2, 0.25) is 0 Å². The molecule has 0 radical (unpaired) electrons. The van der Waals surface area contributed by atoms with Crippen molar-refractivity contribution in [2.24, 2.45) is 11.7 Å². The molecule has 1 saturated carbocycles. The first-order valence-corrected chi connectivity index (χ1v) is 7.03. The van der Waals surface area contributed by atoms with E-state index in [0.717, 1.165) is 11.2 Å². The van der Waals surface area contributed by atoms with Crippen LogP contribution in [0, 0.1) is 5.92 Å². The number of thioether (sulfide) groups is 2. The molecule has 2 atom stereocenters. The Morgan fingerprint density at radius 3 is 2.58 bits per heavy atom. The molecule has 0 aromatic carbocycles. The summed E-state index contributed by atoms with van der Waals surface area (Å²) in [5, 5.41) is 0.758. The molecule has 1 heterocycles. The van der Waals surface area contributed by atoms with Crippen LogP contribution in [0.3, 0.4) is 0 Å². The topological polar surface area (TPSA) is 26.0 Å². The average Bonchev–Trinajstić information content (AvgIpc) is 2.03. The van der Waals surface area contributed by atoms with Crippen LogP contribution in [0.5, 0.6) is 0 Å². The van der Waals surface area contributed by atoms with E-state index in [1.54, 1.807) is 0 Å². The van der Waals surface area contributed by atoms with Crippen molar-refractivity contribution >= 4 is 23.5 Å². The molecular weight excluding hydrogens is 186 g/mol. The zero-order chi connectivity index (χ0) is 8.39. The van der Waals surface area contributed by atoms with E-state index in [0.29, 0.717) is 6.04 Å². The molecule has 0 aromatic rings. The van der Waals surface area contributed by atoms with E-state index in [-0.39, 0.29) is 0 Å². The molecule has 1 nitrogen and oxygen atoms in total. The van der Waals surface area contributed by atoms with Crippen molar-refractivity contribution < 1.29 is 0 Å². The summed E-state index contributed by atoms with van der Waals surface area (Å²) in [5.41, 5.74) is 6.22. The summed E-state index contributed by atoms with van der Waals surface area (Å²) < 4.78 is 0. The van der Waals surface area contributed by atoms with Crippen molar-refractivity contribution in [1.82, 2.24) is 0 Å². The highest BCUT2D eigenvalue weighted by Gasteiger charge is 2.31. The average molecular weight is 203 g/mol. The normalized spacial score (nSPS) is 34.2. The van der Waals surface area contributed by atoms with Crippen LogP contribution in [0.4, 0.5) is 0 Å². The molecule has 0 amide bonds. The maximum Gasteiger partial charge on any atom is 0.0292 e. The van der Waals surface area contributed by atoms with Gasteiger partial charge in [0.15, 0.2) is 0 Å². The first kappa shape index (κ1) is 9.22. The third kappa shape index (κ3) is 1.94. The predicted molar refractivity (Wildman–Crippen MR) is 58.9 cm³/mol. The lowest BCUT2D eigenvalue weighted by atomic mass is 9.79. The minimum Gasteiger partial charge on any atom is -0.326 e. The van der Waals surface area contributed by atoms with Crippen LogP contribution in [0.25, 0.3) is 0 Å². The van der Waals surface area contributed by atoms with Gasteiger partial charge in [-0.1, -0.05) is 6.42 Å². The summed E-state index contributed by atoms with van der Waals surface area (Å²) in [6.07, 6.45) is 4.20. The minimum atomic E-state index is 0.497. The van der Waals surface area contributed by atoms with Crippen LogP contribution in [0.1, 0.15) is 19.3 Å². The van der Waals surface area contributed by atoms with E-state index < -0.39 is 0 Å². The highest BCUT2D eigenvalue weighted by atomic mass is 32.2. The third-order valence-corrected chi connectivity index (χ3v) is 5.87. The van der Waals surface area contributed by atoms with Crippen LogP contribution in [-0.2, 0) is 0 Å². The molecule has 2 rings (SSSR count). The van der Waals surface area contributed by atoms with Gasteiger partial charge in [-0.05, 0) is 18.8 Å². The number of rotatable bonds is 2. The molecule has 12 heavy (non-hydrogen) atoms. The Balaban J connectivity index is 1.80. The van der Waals surface area contributed by atoms with Crippen molar-refractivity contribution in [1.29, 1.82) is 0 Å². The second kappa shape index (κ2) is 4.25. The molecule has 2 N–H and O–H groups in total. The van der Waals surface area contributed by atoms with Crippen molar-refractivity contribution in [2.45, 2.75) is 30.6 Å². The Morgan fingerprint density at radius 1 is 1.25 bits per heavy atom. The Kier molecular flexibility index (Phi) is 3.27. The molecule has 0 bridgehead atoms. The number of hydrogen-bond donors (Lipinski definition) is 1. The summed E-state index contributed by atoms with van der Waals surface area (Å²) in [7, 11) is 0. The molecule has 3 heteroatoms. The van der Waals surface area contributed by atoms with Crippen LogP contribution >= 0.6 is 23.5 Å². The molecular formula is C9H17NS2. The van der Waals surface area contributed by atoms with Crippen LogP contribution in [-0.4, -0.2) is 28.6 Å². The summed E-state index contributed by atoms with van der Waals surface area (Å²) >= 11 is 4.19. The van der Waals surface area contributed by atoms with Crippen LogP contribution in [0.15, 0.2) is 0 Å². The van der Waals surface area contributed by atoms with E-state index in [9.17, 15) is 0 Å². The predicted octanol–water partition coefficient (Wildman–Crippen LogP) is 1.96. The molecule has 2 unspecified atom stereocenters. The molecule has 1 aliphatic heterocycles. The molecule has 0 spiro atoms. The fourth-order valence-corrected chi connectivity index (χ4v) is 4.75. The lowest BCUT2D eigenvalue weighted by Crippen LogP contribution is -2.44. The van der Waals surface area contributed by atoms with Gasteiger partial charge in [-0.15, -0.1) is 0 Å². The molecule has 1 saturated heterocycles. The summed E-state index contributed by atoms with van der Waals surface area (Å²) in [5.74, 6) is 4.80. The van der Waals surface area contributed by atoms with E-state index in [4.69, 9.17) is 5.73 Å². The van der Waals surface area contributed by atoms with Gasteiger partial charge in [-0.2, -0.15) is 23.5 Å². The smallest absolute Gasteiger partial charge is 0.0292 e. The SMILES string of the molecule is NC(C1CCC1)C1CSCCS1. The standard InChI is InChI=1S/C9H17NS2/c10-9(7-2-1-3-7)8-6-11-4-5-12-8/h7-9H,1-6,10H2. The molecule has 2 aliphatic rings. The number of hydrogen-bond acceptors (Lipinski definition) is 3. The van der Waals surface area contributed by atoms with Gasteiger partial charge in [-0.3, -0.25) is 0 Å². The fraction of sp³-hybridized carbons (Fsp3) is 1.00. The zero-order valence-electron chi connectivity index (χ0n) is 7.37. The molecule has 0 aromatic heterocycles. The largest absolute Gasteiger partial charge is 0.326 e. The molecule has 2 fully saturated rings. The summed E-state index contributed by atoms with van der Waals surface area (Å²) in [6.45, 7) is 0. The summed E-state index contributed by atoms with van der Waals surface area (Å²) in [4.78, 5) is 0. The van der Waals surface area contributed by atoms with E-state index in [2.05, 4.69) is 23.5 Å². The maximum atomic E-state index is 6.22. The molecule has 70 valence electrons. The maximum absolute atomic E-state index is 6.22. The second-order valence-electron chi connectivity index (χ2n) is 3.75. The van der Waals surface area contributed by atoms with Gasteiger partial charge in [0, 0.05) is 28.6 Å². The second-order valence-corrected chi connectivity index (χ2v) is 6.25. The monoisotopic (exact) mass is 203 g/mol. The van der Waals surface area contributed by atoms with E-state index in [1.165, 1.54) is 36.5 Å². The third-order valence-electron chi connectivity index (χ3n) is 2.97. The van der Waals surface area contributed by atoms with Gasteiger partial charge in [0.25, 0.3) is 0 Å². The van der Waals surface area contributed by atoms with Crippen molar-refractivity contribution in [2.75, 3.05) is 17.3 Å². The highest BCUT2D eigenvalue weighted by molar-refractivity contribution is 8.06. The van der Waals surface area contributed by atoms with Crippen molar-refractivity contribution in [3.63, 3.8) is 0 Å². The highest BCUT2D eigenvalue weighted by Crippen LogP contribution is 2.35. The Labute approximate surface area is 83.2 Å². The Hall–Kier alpha value is 0.660. The van der Waals surface area contributed by atoms with Crippen molar-refractivity contribution in [3.05, 3.63) is 0 Å².